The van der Waals surface area contributed by atoms with Crippen LogP contribution in [-0.4, -0.2) is 70.3 Å². The van der Waals surface area contributed by atoms with Gasteiger partial charge in [-0.1, -0.05) is 35.9 Å². The number of ether oxygens (including phenoxy) is 2. The first-order chi connectivity index (χ1) is 21.0. The second-order valence-electron chi connectivity index (χ2n) is 11.2. The largest absolute Gasteiger partial charge is 0.493 e. The van der Waals surface area contributed by atoms with Crippen LogP contribution >= 0.6 is 11.6 Å². The van der Waals surface area contributed by atoms with Crippen LogP contribution in [0.4, 0.5) is 5.69 Å². The number of carbonyl (C=O) groups excluding carboxylic acids is 1. The van der Waals surface area contributed by atoms with Crippen molar-refractivity contribution in [3.63, 3.8) is 0 Å². The summed E-state index contributed by atoms with van der Waals surface area (Å²) in [7, 11) is 1.66. The van der Waals surface area contributed by atoms with Gasteiger partial charge in [0.05, 0.1) is 19.3 Å². The highest BCUT2D eigenvalue weighted by Gasteiger charge is 2.21. The van der Waals surface area contributed by atoms with Gasteiger partial charge >= 0.3 is 0 Å². The standard InChI is InChI=1S/C33H37ClN6O3/c1-23-36-37-32-13-9-25-19-27(10-11-29(25)40(23)32)35-33(41)21-39-15-5-14-38(16-17-39)20-24-8-12-30(31(18-24)42-2)43-22-26-6-3-4-7-28(26)34/h3-4,6-8,10-12,18-19H,5,9,13-17,20-22H2,1-2H3,(H,35,41). The molecule has 0 unspecified atom stereocenters. The van der Waals surface area contributed by atoms with E-state index in [4.69, 9.17) is 21.1 Å². The maximum Gasteiger partial charge on any atom is 0.238 e. The summed E-state index contributed by atoms with van der Waals surface area (Å²) < 4.78 is 13.8. The molecule has 6 rings (SSSR count). The van der Waals surface area contributed by atoms with Crippen LogP contribution in [0.15, 0.2) is 60.7 Å². The van der Waals surface area contributed by atoms with Gasteiger partial charge < -0.3 is 14.8 Å². The molecular weight excluding hydrogens is 564 g/mol. The molecule has 2 aliphatic rings. The second-order valence-corrected chi connectivity index (χ2v) is 11.6. The van der Waals surface area contributed by atoms with E-state index in [1.165, 1.54) is 5.56 Å². The van der Waals surface area contributed by atoms with Crippen molar-refractivity contribution in [3.05, 3.63) is 94.0 Å². The number of carbonyl (C=O) groups is 1. The third-order valence-electron chi connectivity index (χ3n) is 8.14. The molecule has 1 amide bonds. The predicted octanol–water partition coefficient (Wildman–Crippen LogP) is 5.06. The average molecular weight is 601 g/mol. The molecule has 0 atom stereocenters. The Morgan fingerprint density at radius 3 is 2.65 bits per heavy atom. The summed E-state index contributed by atoms with van der Waals surface area (Å²) in [5.41, 5.74) is 5.24. The quantitative estimate of drug-likeness (QED) is 0.287. The topological polar surface area (TPSA) is 84.8 Å². The molecule has 1 fully saturated rings. The number of benzene rings is 3. The lowest BCUT2D eigenvalue weighted by Crippen LogP contribution is -2.36. The molecule has 10 heteroatoms. The summed E-state index contributed by atoms with van der Waals surface area (Å²) in [6.45, 7) is 7.12. The van der Waals surface area contributed by atoms with Crippen LogP contribution in [0.25, 0.3) is 5.69 Å². The molecule has 1 saturated heterocycles. The smallest absolute Gasteiger partial charge is 0.238 e. The third kappa shape index (κ3) is 6.85. The van der Waals surface area contributed by atoms with Crippen molar-refractivity contribution in [1.82, 2.24) is 24.6 Å². The molecule has 0 bridgehead atoms. The van der Waals surface area contributed by atoms with Crippen molar-refractivity contribution in [2.24, 2.45) is 0 Å². The highest BCUT2D eigenvalue weighted by molar-refractivity contribution is 6.31. The van der Waals surface area contributed by atoms with Crippen LogP contribution in [0.2, 0.25) is 5.02 Å². The SMILES string of the molecule is COc1cc(CN2CCCN(CC(=O)Nc3ccc4c(c3)CCc3nnc(C)n3-4)CC2)ccc1OCc1ccccc1Cl. The number of nitrogens with one attached hydrogen (secondary N) is 1. The lowest BCUT2D eigenvalue weighted by molar-refractivity contribution is -0.117. The number of rotatable bonds is 9. The monoisotopic (exact) mass is 600 g/mol. The van der Waals surface area contributed by atoms with E-state index >= 15 is 0 Å². The van der Waals surface area contributed by atoms with Gasteiger partial charge in [-0.3, -0.25) is 19.2 Å². The minimum Gasteiger partial charge on any atom is -0.493 e. The van der Waals surface area contributed by atoms with Crippen LogP contribution < -0.4 is 14.8 Å². The Morgan fingerprint density at radius 2 is 1.79 bits per heavy atom. The highest BCUT2D eigenvalue weighted by Crippen LogP contribution is 2.31. The molecule has 1 N–H and O–H groups in total. The van der Waals surface area contributed by atoms with E-state index in [0.717, 1.165) is 86.1 Å². The number of hydrogen-bond acceptors (Lipinski definition) is 7. The Labute approximate surface area is 257 Å². The number of fused-ring (bicyclic) bond motifs is 3. The number of halogens is 1. The van der Waals surface area contributed by atoms with Crippen molar-refractivity contribution in [3.8, 4) is 17.2 Å². The van der Waals surface area contributed by atoms with Gasteiger partial charge in [-0.15, -0.1) is 10.2 Å². The molecule has 0 aliphatic carbocycles. The zero-order chi connectivity index (χ0) is 29.8. The maximum absolute atomic E-state index is 13.0. The summed E-state index contributed by atoms with van der Waals surface area (Å²) in [6.07, 6.45) is 2.75. The van der Waals surface area contributed by atoms with E-state index in [2.05, 4.69) is 48.1 Å². The Morgan fingerprint density at radius 1 is 0.953 bits per heavy atom. The van der Waals surface area contributed by atoms with Gasteiger partial charge in [0, 0.05) is 42.3 Å². The first-order valence-corrected chi connectivity index (χ1v) is 15.2. The van der Waals surface area contributed by atoms with Crippen LogP contribution in [0.1, 0.15) is 34.8 Å². The molecule has 0 saturated carbocycles. The maximum atomic E-state index is 13.0. The summed E-state index contributed by atoms with van der Waals surface area (Å²) in [6, 6.07) is 19.9. The van der Waals surface area contributed by atoms with Gasteiger partial charge in [-0.2, -0.15) is 0 Å². The first kappa shape index (κ1) is 29.2. The van der Waals surface area contributed by atoms with E-state index in [0.29, 0.717) is 29.7 Å². The fourth-order valence-corrected chi connectivity index (χ4v) is 6.10. The highest BCUT2D eigenvalue weighted by atomic mass is 35.5. The van der Waals surface area contributed by atoms with Crippen LogP contribution in [-0.2, 0) is 30.8 Å². The van der Waals surface area contributed by atoms with Gasteiger partial charge in [0.2, 0.25) is 5.91 Å². The van der Waals surface area contributed by atoms with Crippen molar-refractivity contribution in [2.45, 2.75) is 39.3 Å². The number of nitrogens with zero attached hydrogens (tertiary/aromatic N) is 5. The van der Waals surface area contributed by atoms with E-state index in [1.54, 1.807) is 7.11 Å². The third-order valence-corrected chi connectivity index (χ3v) is 8.51. The summed E-state index contributed by atoms with van der Waals surface area (Å²) in [5, 5.41) is 12.3. The van der Waals surface area contributed by atoms with Gasteiger partial charge in [-0.05, 0) is 80.4 Å². The number of hydrogen-bond donors (Lipinski definition) is 1. The minimum absolute atomic E-state index is 0.0162. The van der Waals surface area contributed by atoms with E-state index in [9.17, 15) is 4.79 Å². The molecule has 3 heterocycles. The predicted molar refractivity (Wildman–Crippen MR) is 167 cm³/mol. The number of aryl methyl sites for hydroxylation is 3. The first-order valence-electron chi connectivity index (χ1n) is 14.8. The fourth-order valence-electron chi connectivity index (χ4n) is 5.91. The van der Waals surface area contributed by atoms with Gasteiger partial charge in [0.25, 0.3) is 0 Å². The number of anilines is 1. The lowest BCUT2D eigenvalue weighted by Gasteiger charge is -2.22. The van der Waals surface area contributed by atoms with Crippen LogP contribution in [0.5, 0.6) is 11.5 Å². The summed E-state index contributed by atoms with van der Waals surface area (Å²) in [5.74, 6) is 3.29. The van der Waals surface area contributed by atoms with Gasteiger partial charge in [0.15, 0.2) is 11.5 Å². The second kappa shape index (κ2) is 13.2. The van der Waals surface area contributed by atoms with Crippen molar-refractivity contribution in [2.75, 3.05) is 45.2 Å². The Balaban J connectivity index is 1.00. The van der Waals surface area contributed by atoms with Gasteiger partial charge in [0.1, 0.15) is 18.3 Å². The van der Waals surface area contributed by atoms with E-state index in [1.807, 2.05) is 49.4 Å². The van der Waals surface area contributed by atoms with Crippen molar-refractivity contribution in [1.29, 1.82) is 0 Å². The van der Waals surface area contributed by atoms with Gasteiger partial charge in [-0.25, -0.2) is 0 Å². The molecule has 224 valence electrons. The molecule has 0 radical (unpaired) electrons. The van der Waals surface area contributed by atoms with Crippen LogP contribution in [0, 0.1) is 6.92 Å². The molecule has 3 aromatic carbocycles. The summed E-state index contributed by atoms with van der Waals surface area (Å²) in [4.78, 5) is 17.7. The number of methoxy groups -OCH3 is 1. The average Bonchev–Trinajstić information content (AvgIpc) is 3.26. The van der Waals surface area contributed by atoms with Crippen LogP contribution in [0.3, 0.4) is 0 Å². The Bertz CT molecular complexity index is 1610. The molecule has 9 nitrogen and oxygen atoms in total. The Hall–Kier alpha value is -3.92. The molecule has 1 aromatic heterocycles. The van der Waals surface area contributed by atoms with Crippen molar-refractivity contribution < 1.29 is 14.3 Å². The van der Waals surface area contributed by atoms with Crippen molar-refractivity contribution >= 4 is 23.2 Å². The molecular formula is C33H37ClN6O3. The normalized spacial score (nSPS) is 15.3. The van der Waals surface area contributed by atoms with E-state index in [-0.39, 0.29) is 5.91 Å². The Kier molecular flexibility index (Phi) is 8.92. The number of aromatic nitrogens is 3. The zero-order valence-electron chi connectivity index (χ0n) is 24.7. The zero-order valence-corrected chi connectivity index (χ0v) is 25.4. The molecule has 4 aromatic rings. The number of amides is 1. The lowest BCUT2D eigenvalue weighted by atomic mass is 10.0. The molecule has 43 heavy (non-hydrogen) atoms. The molecule has 2 aliphatic heterocycles. The minimum atomic E-state index is 0.0162. The molecule has 0 spiro atoms. The van der Waals surface area contributed by atoms with E-state index < -0.39 is 0 Å². The fraction of sp³-hybridized carbons (Fsp3) is 0.364. The summed E-state index contributed by atoms with van der Waals surface area (Å²) >= 11 is 6.28.